The number of pyridine rings is 1. The highest BCUT2D eigenvalue weighted by Gasteiger charge is 2.37. The van der Waals surface area contributed by atoms with E-state index in [-0.39, 0.29) is 81.2 Å². The molecule has 3 aromatic carbocycles. The lowest BCUT2D eigenvalue weighted by Crippen LogP contribution is -2.56. The van der Waals surface area contributed by atoms with Gasteiger partial charge < -0.3 is 57.6 Å². The number of nitrogens with one attached hydrogen (secondary N) is 4. The van der Waals surface area contributed by atoms with Gasteiger partial charge in [-0.3, -0.25) is 29.0 Å². The van der Waals surface area contributed by atoms with Crippen molar-refractivity contribution < 1.29 is 55.7 Å². The number of nitrogens with two attached hydrogens (primary N) is 3. The number of hydrogen-bond donors (Lipinski definition) is 7. The van der Waals surface area contributed by atoms with E-state index in [0.29, 0.717) is 41.0 Å². The minimum atomic E-state index is -1.76. The number of halogens is 4. The molecule has 1 aliphatic heterocycles. The zero-order valence-electron chi connectivity index (χ0n) is 40.0. The molecular formula is C49H58F4N10O8. The number of rotatable bonds is 19. The van der Waals surface area contributed by atoms with Crippen molar-refractivity contribution >= 4 is 29.5 Å². The molecule has 0 saturated heterocycles. The molecule has 5 rings (SSSR count). The summed E-state index contributed by atoms with van der Waals surface area (Å²) in [4.78, 5) is 75.7. The van der Waals surface area contributed by atoms with E-state index in [9.17, 15) is 24.0 Å². The number of aromatic nitrogens is 1. The van der Waals surface area contributed by atoms with Gasteiger partial charge >= 0.3 is 0 Å². The molecule has 1 aliphatic rings. The highest BCUT2D eigenvalue weighted by molar-refractivity contribution is 6.01. The third-order valence-corrected chi connectivity index (χ3v) is 11.5. The average Bonchev–Trinajstić information content (AvgIpc) is 3.34. The predicted octanol–water partition coefficient (Wildman–Crippen LogP) is 3.28. The molecule has 71 heavy (non-hydrogen) atoms. The minimum absolute atomic E-state index is 0.0557. The molecule has 0 radical (unpaired) electrons. The van der Waals surface area contributed by atoms with Crippen LogP contribution >= 0.6 is 0 Å². The number of nitrogens with zero attached hydrogens (tertiary/aromatic N) is 3. The molecule has 0 spiro atoms. The Labute approximate surface area is 407 Å². The molecule has 4 atom stereocenters. The topological polar surface area (TPSA) is 279 Å². The fourth-order valence-corrected chi connectivity index (χ4v) is 7.94. The lowest BCUT2D eigenvalue weighted by Gasteiger charge is -2.32. The summed E-state index contributed by atoms with van der Waals surface area (Å²) in [5.74, 6) is -11.6. The monoisotopic (exact) mass is 990 g/mol. The van der Waals surface area contributed by atoms with Gasteiger partial charge in [0.15, 0.2) is 17.4 Å². The van der Waals surface area contributed by atoms with Gasteiger partial charge in [-0.2, -0.15) is 14.0 Å². The molecule has 0 fully saturated rings. The number of amides is 5. The third-order valence-electron chi connectivity index (χ3n) is 11.5. The standard InChI is InChI=1S/C49H58F4N10O8/c1-6-7-18-71-44-41(52)39(50)38(40(51)42(44)53)33-21-25(2)37(26(3)59-33)47(66)61-32(12-13-54)49(68)63(5)43-29-9-11-36(70-20-16-57)31(24-29)30-22-28(8-10-35(30)69-19-15-56)23-34(46(65)58-17-14-55)62-45(64)27(4)60-48(43)67/h8-11,21-22,24,27,32,34,43H,6-7,12-13,15-20,23,54,56-57H2,1-5H3,(H,58,65)(H,60,67)(H,61,66)(H,62,64)/t27-,32-,34-,43-/m0/s1. The van der Waals surface area contributed by atoms with Crippen molar-refractivity contribution in [2.45, 2.75) is 77.5 Å². The van der Waals surface area contributed by atoms with Crippen molar-refractivity contribution in [2.75, 3.05) is 53.0 Å². The van der Waals surface area contributed by atoms with Crippen molar-refractivity contribution in [1.82, 2.24) is 31.2 Å². The Morgan fingerprint density at radius 3 is 2.10 bits per heavy atom. The van der Waals surface area contributed by atoms with Crippen molar-refractivity contribution in [3.05, 3.63) is 93.7 Å². The first-order valence-corrected chi connectivity index (χ1v) is 22.9. The summed E-state index contributed by atoms with van der Waals surface area (Å²) < 4.78 is 78.1. The highest BCUT2D eigenvalue weighted by atomic mass is 19.2. The summed E-state index contributed by atoms with van der Waals surface area (Å²) in [5.41, 5.74) is 17.3. The molecule has 4 bridgehead atoms. The Kier molecular flexibility index (Phi) is 19.2. The molecule has 0 aliphatic carbocycles. The smallest absolute Gasteiger partial charge is 0.254 e. The predicted molar refractivity (Wildman–Crippen MR) is 253 cm³/mol. The van der Waals surface area contributed by atoms with Gasteiger partial charge in [-0.05, 0) is 87.2 Å². The van der Waals surface area contributed by atoms with Crippen molar-refractivity contribution in [3.8, 4) is 45.7 Å². The molecule has 5 amide bonds. The van der Waals surface area contributed by atoms with Crippen LogP contribution in [-0.2, 0) is 25.6 Å². The molecular weight excluding hydrogens is 933 g/mol. The van der Waals surface area contributed by atoms with Crippen molar-refractivity contribution in [1.29, 1.82) is 5.26 Å². The van der Waals surface area contributed by atoms with E-state index in [0.717, 1.165) is 11.0 Å². The Bertz CT molecular complexity index is 2630. The number of aryl methyl sites for hydroxylation is 2. The molecule has 4 aromatic rings. The first kappa shape index (κ1) is 54.6. The SMILES string of the molecule is CCCCOc1c(F)c(F)c(-c2cc(C)c(C(=O)N[C@@H](CCN)C(=O)N(C)[C@@H]3C(=O)N[C@@H](C)C(=O)N[C@H](C(=O)NCC#N)Cc4ccc(OCCN)c(c4)-c4cc3ccc4OCCN)c(C)n2)c(F)c1F. The lowest BCUT2D eigenvalue weighted by molar-refractivity contribution is -0.141. The van der Waals surface area contributed by atoms with Gasteiger partial charge in [-0.15, -0.1) is 0 Å². The zero-order chi connectivity index (χ0) is 52.1. The Balaban J connectivity index is 1.57. The van der Waals surface area contributed by atoms with Crippen LogP contribution in [0, 0.1) is 48.4 Å². The average molecular weight is 991 g/mol. The van der Waals surface area contributed by atoms with E-state index >= 15 is 17.6 Å². The summed E-state index contributed by atoms with van der Waals surface area (Å²) in [6.45, 7) is 5.62. The summed E-state index contributed by atoms with van der Waals surface area (Å²) in [6, 6.07) is 7.13. The second-order valence-corrected chi connectivity index (χ2v) is 16.6. The molecule has 22 heteroatoms. The quantitative estimate of drug-likeness (QED) is 0.0308. The maximum atomic E-state index is 15.4. The Morgan fingerprint density at radius 2 is 1.51 bits per heavy atom. The van der Waals surface area contributed by atoms with Crippen LogP contribution in [0.15, 0.2) is 42.5 Å². The van der Waals surface area contributed by atoms with Crippen LogP contribution in [0.2, 0.25) is 0 Å². The number of likely N-dealkylation sites (N-methyl/N-ethyl adjacent to an activating group) is 1. The van der Waals surface area contributed by atoms with Gasteiger partial charge in [0.1, 0.15) is 55.4 Å². The summed E-state index contributed by atoms with van der Waals surface area (Å²) in [5, 5.41) is 19.5. The Morgan fingerprint density at radius 1 is 0.873 bits per heavy atom. The highest BCUT2D eigenvalue weighted by Crippen LogP contribution is 2.41. The fourth-order valence-electron chi connectivity index (χ4n) is 7.94. The Hall–Kier alpha value is -7.35. The second-order valence-electron chi connectivity index (χ2n) is 16.6. The molecule has 18 nitrogen and oxygen atoms in total. The van der Waals surface area contributed by atoms with Gasteiger partial charge in [0.05, 0.1) is 35.2 Å². The number of carbonyl (C=O) groups is 5. The number of benzene rings is 3. The number of unbranched alkanes of at least 4 members (excludes halogenated alkanes) is 1. The number of carbonyl (C=O) groups excluding carboxylic acids is 5. The number of fused-ring (bicyclic) bond motifs is 5. The van der Waals surface area contributed by atoms with E-state index in [1.54, 1.807) is 37.3 Å². The zero-order valence-corrected chi connectivity index (χ0v) is 40.0. The van der Waals surface area contributed by atoms with Gasteiger partial charge in [0.2, 0.25) is 35.3 Å². The van der Waals surface area contributed by atoms with Gasteiger partial charge in [0, 0.05) is 37.7 Å². The van der Waals surface area contributed by atoms with Gasteiger partial charge in [0.25, 0.3) is 5.91 Å². The van der Waals surface area contributed by atoms with E-state index in [2.05, 4.69) is 26.3 Å². The number of hydrogen-bond acceptors (Lipinski definition) is 13. The fraction of sp³-hybridized carbons (Fsp3) is 0.408. The van der Waals surface area contributed by atoms with Crippen LogP contribution in [0.5, 0.6) is 17.2 Å². The molecule has 2 heterocycles. The van der Waals surface area contributed by atoms with Crippen LogP contribution < -0.4 is 52.7 Å². The lowest BCUT2D eigenvalue weighted by atomic mass is 9.93. The molecule has 1 aromatic heterocycles. The first-order valence-electron chi connectivity index (χ1n) is 22.9. The van der Waals surface area contributed by atoms with Crippen LogP contribution in [-0.4, -0.2) is 111 Å². The normalized spacial score (nSPS) is 16.1. The first-order chi connectivity index (χ1) is 33.9. The summed E-state index contributed by atoms with van der Waals surface area (Å²) >= 11 is 0. The molecule has 0 saturated carbocycles. The van der Waals surface area contributed by atoms with Crippen molar-refractivity contribution in [3.63, 3.8) is 0 Å². The van der Waals surface area contributed by atoms with E-state index in [1.165, 1.54) is 33.9 Å². The van der Waals surface area contributed by atoms with Gasteiger partial charge in [-0.25, -0.2) is 8.78 Å². The number of nitriles is 1. The minimum Gasteiger partial charge on any atom is -0.492 e. The maximum Gasteiger partial charge on any atom is 0.254 e. The van der Waals surface area contributed by atoms with Gasteiger partial charge in [-0.1, -0.05) is 25.5 Å². The second kappa shape index (κ2) is 25.0. The largest absolute Gasteiger partial charge is 0.492 e. The third kappa shape index (κ3) is 12.7. The van der Waals surface area contributed by atoms with Crippen LogP contribution in [0.3, 0.4) is 0 Å². The molecule has 0 unspecified atom stereocenters. The number of ether oxygens (including phenoxy) is 3. The summed E-state index contributed by atoms with van der Waals surface area (Å²) in [6.07, 6.45) is 0.734. The van der Waals surface area contributed by atoms with E-state index in [4.69, 9.17) is 36.7 Å². The van der Waals surface area contributed by atoms with Crippen molar-refractivity contribution in [2.24, 2.45) is 17.2 Å². The maximum absolute atomic E-state index is 15.4. The van der Waals surface area contributed by atoms with Crippen LogP contribution in [0.4, 0.5) is 17.6 Å². The van der Waals surface area contributed by atoms with E-state index in [1.807, 2.05) is 6.07 Å². The van der Waals surface area contributed by atoms with Crippen LogP contribution in [0.1, 0.15) is 71.9 Å². The van der Waals surface area contributed by atoms with Crippen LogP contribution in [0.25, 0.3) is 22.4 Å². The van der Waals surface area contributed by atoms with E-state index < -0.39 is 94.0 Å². The summed E-state index contributed by atoms with van der Waals surface area (Å²) in [7, 11) is 1.30. The molecule has 10 N–H and O–H groups in total. The molecule has 380 valence electrons.